The van der Waals surface area contributed by atoms with Gasteiger partial charge < -0.3 is 21.0 Å². The molecule has 0 atom stereocenters. The van der Waals surface area contributed by atoms with Crippen LogP contribution in [-0.4, -0.2) is 45.7 Å². The van der Waals surface area contributed by atoms with Crippen LogP contribution in [0, 0.1) is 0 Å². The van der Waals surface area contributed by atoms with E-state index >= 15 is 0 Å². The number of hydrogen-bond acceptors (Lipinski definition) is 8. The molecule has 0 fully saturated rings. The number of hydrogen-bond donors (Lipinski definition) is 2. The minimum Gasteiger partial charge on any atom is -0.726 e. The van der Waals surface area contributed by atoms with E-state index in [0.717, 1.165) is 32.2 Å². The highest BCUT2D eigenvalue weighted by Gasteiger charge is 1.97. The molecule has 296 valence electrons. The molecule has 0 bridgehead atoms. The molecule has 0 amide bonds. The first kappa shape index (κ1) is 54.4. The summed E-state index contributed by atoms with van der Waals surface area (Å²) in [5.41, 5.74) is 3.85. The first-order valence-electron chi connectivity index (χ1n) is 19.5. The van der Waals surface area contributed by atoms with Crippen molar-refractivity contribution in [2.45, 2.75) is 213 Å². The summed E-state index contributed by atoms with van der Waals surface area (Å²) >= 11 is 0. The summed E-state index contributed by atoms with van der Waals surface area (Å²) < 4.78 is 68.9. The number of unbranched alkanes of at least 4 members (excludes halogenated alkanes) is 27. The van der Waals surface area contributed by atoms with Gasteiger partial charge in [0.25, 0.3) is 0 Å². The SMILES string of the molecule is CCCCCCCCCCCCOS(=O)(=O)[O-].CCCCCCCCCCCCOS(=O)(=O)[O-].CCCCCCCCCCCC[NH3+].[NH4+]. The van der Waals surface area contributed by atoms with Crippen LogP contribution < -0.4 is 11.9 Å². The normalized spacial score (nSPS) is 11.3. The Balaban J connectivity index is -0.000000303. The van der Waals surface area contributed by atoms with Crippen molar-refractivity contribution in [3.05, 3.63) is 0 Å². The van der Waals surface area contributed by atoms with Crippen molar-refractivity contribution >= 4 is 20.8 Å². The molecule has 0 aromatic rings. The zero-order chi connectivity index (χ0) is 35.7. The van der Waals surface area contributed by atoms with Crippen molar-refractivity contribution in [3.63, 3.8) is 0 Å². The van der Waals surface area contributed by atoms with Gasteiger partial charge in [0.15, 0.2) is 0 Å². The van der Waals surface area contributed by atoms with Crippen molar-refractivity contribution in [1.82, 2.24) is 6.15 Å². The second-order valence-corrected chi connectivity index (χ2v) is 15.0. The molecule has 12 heteroatoms. The molecule has 0 heterocycles. The lowest BCUT2D eigenvalue weighted by atomic mass is 10.1. The Morgan fingerprint density at radius 2 is 0.562 bits per heavy atom. The van der Waals surface area contributed by atoms with E-state index < -0.39 is 20.8 Å². The van der Waals surface area contributed by atoms with Crippen LogP contribution in [0.1, 0.15) is 213 Å². The molecule has 7 N–H and O–H groups in total. The van der Waals surface area contributed by atoms with E-state index in [0.29, 0.717) is 12.8 Å². The molecule has 0 aromatic carbocycles. The topological polar surface area (TPSA) is 197 Å². The lowest BCUT2D eigenvalue weighted by Gasteiger charge is -2.07. The van der Waals surface area contributed by atoms with Gasteiger partial charge in [0.1, 0.15) is 0 Å². The minimum absolute atomic E-state index is 0. The average Bonchev–Trinajstić information content (AvgIpc) is 3.01. The van der Waals surface area contributed by atoms with Gasteiger partial charge in [-0.05, 0) is 25.7 Å². The smallest absolute Gasteiger partial charge is 0.217 e. The maximum Gasteiger partial charge on any atom is 0.217 e. The second kappa shape index (κ2) is 44.7. The average molecular weight is 735 g/mol. The molecule has 0 rings (SSSR count). The van der Waals surface area contributed by atoms with Crippen LogP contribution in [0.3, 0.4) is 0 Å². The molecule has 0 aliphatic rings. The summed E-state index contributed by atoms with van der Waals surface area (Å²) in [7, 11) is -8.97. The summed E-state index contributed by atoms with van der Waals surface area (Å²) in [5, 5.41) is 0. The molecule has 48 heavy (non-hydrogen) atoms. The van der Waals surface area contributed by atoms with Crippen LogP contribution in [0.5, 0.6) is 0 Å². The summed E-state index contributed by atoms with van der Waals surface area (Å²) in [6, 6.07) is 0. The van der Waals surface area contributed by atoms with E-state index in [-0.39, 0.29) is 19.4 Å². The summed E-state index contributed by atoms with van der Waals surface area (Å²) in [6.45, 7) is 7.88. The highest BCUT2D eigenvalue weighted by Crippen LogP contribution is 2.12. The van der Waals surface area contributed by atoms with E-state index in [1.165, 1.54) is 154 Å². The molecular weight excluding hydrogens is 653 g/mol. The zero-order valence-corrected chi connectivity index (χ0v) is 33.8. The van der Waals surface area contributed by atoms with Crippen molar-refractivity contribution < 1.29 is 40.0 Å². The third-order valence-corrected chi connectivity index (χ3v) is 8.97. The highest BCUT2D eigenvalue weighted by atomic mass is 32.3. The molecule has 10 nitrogen and oxygen atoms in total. The Morgan fingerprint density at radius 1 is 0.375 bits per heavy atom. The third-order valence-electron chi connectivity index (χ3n) is 8.05. The fraction of sp³-hybridized carbons (Fsp3) is 1.00. The molecule has 0 aromatic heterocycles. The first-order chi connectivity index (χ1) is 22.5. The Bertz CT molecular complexity index is 721. The second-order valence-electron chi connectivity index (χ2n) is 12.9. The van der Waals surface area contributed by atoms with E-state index in [9.17, 15) is 25.9 Å². The maximum absolute atomic E-state index is 10.1. The summed E-state index contributed by atoms with van der Waals surface area (Å²) in [4.78, 5) is 0. The van der Waals surface area contributed by atoms with Gasteiger partial charge in [-0.1, -0.05) is 188 Å². The molecule has 0 spiro atoms. The Kier molecular flexibility index (Phi) is 50.7. The first-order valence-corrected chi connectivity index (χ1v) is 22.2. The fourth-order valence-corrected chi connectivity index (χ4v) is 5.81. The Hall–Kier alpha value is -0.340. The van der Waals surface area contributed by atoms with Crippen molar-refractivity contribution in [2.24, 2.45) is 0 Å². The summed E-state index contributed by atoms with van der Waals surface area (Å²) in [6.07, 6.45) is 37.6. The third kappa shape index (κ3) is 64.2. The van der Waals surface area contributed by atoms with E-state index in [1.54, 1.807) is 0 Å². The zero-order valence-electron chi connectivity index (χ0n) is 32.1. The van der Waals surface area contributed by atoms with Crippen LogP contribution in [0.25, 0.3) is 0 Å². The van der Waals surface area contributed by atoms with Gasteiger partial charge in [-0.2, -0.15) is 0 Å². The maximum atomic E-state index is 10.1. The number of rotatable bonds is 34. The summed E-state index contributed by atoms with van der Waals surface area (Å²) in [5.74, 6) is 0. The molecule has 0 unspecified atom stereocenters. The minimum atomic E-state index is -4.48. The van der Waals surface area contributed by atoms with E-state index in [4.69, 9.17) is 0 Å². The van der Waals surface area contributed by atoms with Crippen LogP contribution in [0.2, 0.25) is 0 Å². The van der Waals surface area contributed by atoms with Gasteiger partial charge in [-0.15, -0.1) is 0 Å². The predicted molar refractivity (Wildman–Crippen MR) is 201 cm³/mol. The van der Waals surface area contributed by atoms with E-state index in [2.05, 4.69) is 34.9 Å². The van der Waals surface area contributed by atoms with Gasteiger partial charge in [0, 0.05) is 0 Å². The molecule has 0 aliphatic heterocycles. The van der Waals surface area contributed by atoms with Gasteiger partial charge in [0.05, 0.1) is 19.8 Å². The van der Waals surface area contributed by atoms with Crippen molar-refractivity contribution in [2.75, 3.05) is 19.8 Å². The van der Waals surface area contributed by atoms with E-state index in [1.807, 2.05) is 0 Å². The highest BCUT2D eigenvalue weighted by molar-refractivity contribution is 7.81. The molecular formula is C36H82N2O8S2. The monoisotopic (exact) mass is 735 g/mol. The lowest BCUT2D eigenvalue weighted by Crippen LogP contribution is -2.50. The van der Waals surface area contributed by atoms with Crippen LogP contribution >= 0.6 is 0 Å². The van der Waals surface area contributed by atoms with Gasteiger partial charge in [0.2, 0.25) is 20.8 Å². The van der Waals surface area contributed by atoms with Crippen molar-refractivity contribution in [1.29, 1.82) is 0 Å². The fourth-order valence-electron chi connectivity index (χ4n) is 5.17. The van der Waals surface area contributed by atoms with Gasteiger partial charge >= 0.3 is 0 Å². The van der Waals surface area contributed by atoms with Crippen LogP contribution in [0.4, 0.5) is 0 Å². The Morgan fingerprint density at radius 3 is 0.750 bits per heavy atom. The molecule has 0 radical (unpaired) electrons. The number of quaternary nitrogens is 2. The Labute approximate surface area is 299 Å². The predicted octanol–water partition coefficient (Wildman–Crippen LogP) is 10.3. The van der Waals surface area contributed by atoms with Crippen LogP contribution in [-0.2, 0) is 29.2 Å². The van der Waals surface area contributed by atoms with Crippen molar-refractivity contribution in [3.8, 4) is 0 Å². The molecule has 0 aliphatic carbocycles. The quantitative estimate of drug-likeness (QED) is 0.0369. The molecule has 0 saturated carbocycles. The van der Waals surface area contributed by atoms with Gasteiger partial charge in [-0.3, -0.25) is 8.37 Å². The van der Waals surface area contributed by atoms with Gasteiger partial charge in [-0.25, -0.2) is 16.8 Å². The standard InChI is InChI=1S/C12H27N.2C12H26O4S.H3N/c1-2-3-4-5-6-7-8-9-10-11-12-13;2*1-2-3-4-5-6-7-8-9-10-11-12-16-17(13,14)15;/h2-13H2,1H3;2*2-12H2,1H3,(H,13,14,15);1H3. The largest absolute Gasteiger partial charge is 0.726 e. The lowest BCUT2D eigenvalue weighted by molar-refractivity contribution is -0.368. The molecule has 0 saturated heterocycles. The van der Waals surface area contributed by atoms with Crippen LogP contribution in [0.15, 0.2) is 0 Å².